The first kappa shape index (κ1) is 19.1. The number of hydrogen-bond acceptors (Lipinski definition) is 6. The van der Waals surface area contributed by atoms with Crippen molar-refractivity contribution in [3.05, 3.63) is 45.7 Å². The van der Waals surface area contributed by atoms with Crippen LogP contribution in [0.5, 0.6) is 0 Å². The minimum atomic E-state index is -0.527. The van der Waals surface area contributed by atoms with Crippen LogP contribution in [0.3, 0.4) is 0 Å². The second-order valence-corrected chi connectivity index (χ2v) is 6.85. The van der Waals surface area contributed by atoms with Crippen LogP contribution in [0.1, 0.15) is 6.92 Å². The van der Waals surface area contributed by atoms with Gasteiger partial charge < -0.3 is 14.8 Å². The second-order valence-electron chi connectivity index (χ2n) is 6.45. The molecule has 1 aliphatic heterocycles. The van der Waals surface area contributed by atoms with Gasteiger partial charge in [0.15, 0.2) is 0 Å². The van der Waals surface area contributed by atoms with Crippen molar-refractivity contribution in [1.82, 2.24) is 14.5 Å². The minimum Gasteiger partial charge on any atom is -0.340 e. The van der Waals surface area contributed by atoms with Gasteiger partial charge in [-0.05, 0) is 13.0 Å². The summed E-state index contributed by atoms with van der Waals surface area (Å²) in [6, 6.07) is 3.65. The lowest BCUT2D eigenvalue weighted by Crippen LogP contribution is -2.53. The summed E-state index contributed by atoms with van der Waals surface area (Å²) in [5, 5.41) is 13.7. The average Bonchev–Trinajstić information content (AvgIpc) is 3.08. The van der Waals surface area contributed by atoms with Crippen molar-refractivity contribution in [2.45, 2.75) is 13.0 Å². The molecule has 2 heterocycles. The number of anilines is 2. The first-order chi connectivity index (χ1) is 12.9. The van der Waals surface area contributed by atoms with Gasteiger partial charge in [0.1, 0.15) is 0 Å². The number of hydrogen-bond donors (Lipinski definition) is 1. The highest BCUT2D eigenvalue weighted by Crippen LogP contribution is 2.27. The molecule has 9 nitrogen and oxygen atoms in total. The average molecular weight is 393 g/mol. The summed E-state index contributed by atoms with van der Waals surface area (Å²) in [7, 11) is 1.96. The van der Waals surface area contributed by atoms with Gasteiger partial charge in [0.05, 0.1) is 21.7 Å². The molecule has 1 aromatic heterocycles. The van der Waals surface area contributed by atoms with Crippen LogP contribution in [-0.2, 0) is 11.8 Å². The number of halogens is 1. The van der Waals surface area contributed by atoms with Crippen molar-refractivity contribution in [2.75, 3.05) is 36.4 Å². The summed E-state index contributed by atoms with van der Waals surface area (Å²) in [5.74, 6) is 0.723. The van der Waals surface area contributed by atoms with E-state index in [-0.39, 0.29) is 22.7 Å². The molecule has 2 aromatic rings. The molecule has 0 aliphatic carbocycles. The molecule has 1 aliphatic rings. The third kappa shape index (κ3) is 4.20. The molecule has 10 heteroatoms. The molecule has 1 saturated heterocycles. The zero-order valence-corrected chi connectivity index (χ0v) is 15.9. The van der Waals surface area contributed by atoms with Gasteiger partial charge in [0, 0.05) is 57.8 Å². The first-order valence-electron chi connectivity index (χ1n) is 8.58. The number of benzene rings is 1. The molecular formula is C17H21ClN6O3. The smallest absolute Gasteiger partial charge is 0.271 e. The van der Waals surface area contributed by atoms with E-state index in [9.17, 15) is 14.9 Å². The molecule has 1 aromatic carbocycles. The summed E-state index contributed by atoms with van der Waals surface area (Å²) in [5.41, 5.74) is 0.252. The molecule has 1 fully saturated rings. The quantitative estimate of drug-likeness (QED) is 0.618. The Morgan fingerprint density at radius 2 is 2.04 bits per heavy atom. The lowest BCUT2D eigenvalue weighted by Gasteiger charge is -2.37. The lowest BCUT2D eigenvalue weighted by molar-refractivity contribution is -0.384. The van der Waals surface area contributed by atoms with E-state index in [1.165, 1.54) is 18.2 Å². The summed E-state index contributed by atoms with van der Waals surface area (Å²) in [6.07, 6.45) is 3.68. The maximum Gasteiger partial charge on any atom is 0.271 e. The predicted molar refractivity (Wildman–Crippen MR) is 103 cm³/mol. The Morgan fingerprint density at radius 3 is 2.59 bits per heavy atom. The Bertz CT molecular complexity index is 847. The summed E-state index contributed by atoms with van der Waals surface area (Å²) in [6.45, 7) is 4.86. The van der Waals surface area contributed by atoms with Crippen molar-refractivity contribution in [2.24, 2.45) is 7.05 Å². The number of aromatic nitrogens is 2. The molecule has 0 bridgehead atoms. The number of nitro groups is 1. The fourth-order valence-corrected chi connectivity index (χ4v) is 3.32. The third-order valence-corrected chi connectivity index (χ3v) is 5.05. The Balaban J connectivity index is 1.58. The fourth-order valence-electron chi connectivity index (χ4n) is 3.09. The number of carbonyl (C=O) groups is 1. The molecule has 1 amide bonds. The Morgan fingerprint density at radius 1 is 1.33 bits per heavy atom. The number of nitrogens with zero attached hydrogens (tertiary/aromatic N) is 5. The first-order valence-corrected chi connectivity index (χ1v) is 8.95. The van der Waals surface area contributed by atoms with Crippen molar-refractivity contribution < 1.29 is 9.72 Å². The van der Waals surface area contributed by atoms with Crippen LogP contribution in [0.2, 0.25) is 5.02 Å². The van der Waals surface area contributed by atoms with Crippen molar-refractivity contribution in [1.29, 1.82) is 0 Å². The normalized spacial score (nSPS) is 16.2. The van der Waals surface area contributed by atoms with Crippen molar-refractivity contribution >= 4 is 34.8 Å². The van der Waals surface area contributed by atoms with E-state index in [0.717, 1.165) is 32.1 Å². The second kappa shape index (κ2) is 7.93. The fraction of sp³-hybridized carbons (Fsp3) is 0.412. The number of nitro benzene ring substituents is 1. The Hall–Kier alpha value is -2.65. The summed E-state index contributed by atoms with van der Waals surface area (Å²) >= 11 is 6.05. The highest BCUT2D eigenvalue weighted by Gasteiger charge is 2.27. The number of amides is 1. The lowest BCUT2D eigenvalue weighted by atomic mass is 10.2. The number of nitrogens with one attached hydrogen (secondary N) is 1. The Labute approximate surface area is 161 Å². The standard InChI is InChI=1S/C17H21ClN6O3/c1-12(16(25)20-15-4-3-13(24(26)27)11-14(15)18)22-7-9-23(10-8-22)17-19-5-6-21(17)2/h3-6,11-12H,7-10H2,1-2H3,(H,20,25)/t12-/m0/s1. The predicted octanol–water partition coefficient (Wildman–Crippen LogP) is 2.13. The van der Waals surface area contributed by atoms with Crippen LogP contribution < -0.4 is 10.2 Å². The Kier molecular flexibility index (Phi) is 5.62. The maximum absolute atomic E-state index is 12.6. The molecule has 27 heavy (non-hydrogen) atoms. The summed E-state index contributed by atoms with van der Waals surface area (Å²) < 4.78 is 1.97. The number of imidazole rings is 1. The van der Waals surface area contributed by atoms with Crippen molar-refractivity contribution in [3.63, 3.8) is 0 Å². The van der Waals surface area contributed by atoms with E-state index in [2.05, 4.69) is 20.1 Å². The number of piperazine rings is 1. The molecule has 144 valence electrons. The van der Waals surface area contributed by atoms with Gasteiger partial charge in [-0.3, -0.25) is 19.8 Å². The van der Waals surface area contributed by atoms with Gasteiger partial charge in [-0.25, -0.2) is 4.98 Å². The molecule has 0 saturated carbocycles. The zero-order valence-electron chi connectivity index (χ0n) is 15.1. The van der Waals surface area contributed by atoms with Crippen LogP contribution in [0.4, 0.5) is 17.3 Å². The van der Waals surface area contributed by atoms with Crippen LogP contribution in [0.15, 0.2) is 30.6 Å². The molecule has 0 spiro atoms. The minimum absolute atomic E-state index is 0.114. The molecule has 1 N–H and O–H groups in total. The zero-order chi connectivity index (χ0) is 19.6. The number of aryl methyl sites for hydroxylation is 1. The molecule has 1 atom stereocenters. The van der Waals surface area contributed by atoms with Crippen LogP contribution in [0, 0.1) is 10.1 Å². The number of carbonyl (C=O) groups excluding carboxylic acids is 1. The van der Waals surface area contributed by atoms with Gasteiger partial charge in [0.2, 0.25) is 11.9 Å². The maximum atomic E-state index is 12.6. The van der Waals surface area contributed by atoms with Gasteiger partial charge in [0.25, 0.3) is 5.69 Å². The summed E-state index contributed by atoms with van der Waals surface area (Å²) in [4.78, 5) is 31.5. The van der Waals surface area contributed by atoms with E-state index < -0.39 is 4.92 Å². The molecule has 3 rings (SSSR count). The van der Waals surface area contributed by atoms with E-state index in [1.54, 1.807) is 6.20 Å². The molecule has 0 unspecified atom stereocenters. The number of rotatable bonds is 5. The van der Waals surface area contributed by atoms with Gasteiger partial charge in [-0.15, -0.1) is 0 Å². The third-order valence-electron chi connectivity index (χ3n) is 4.74. The van der Waals surface area contributed by atoms with Crippen LogP contribution in [-0.4, -0.2) is 57.5 Å². The SMILES string of the molecule is C[C@@H](C(=O)Nc1ccc([N+](=O)[O-])cc1Cl)N1CCN(c2nccn2C)CC1. The highest BCUT2D eigenvalue weighted by atomic mass is 35.5. The monoisotopic (exact) mass is 392 g/mol. The number of non-ortho nitro benzene ring substituents is 1. The largest absolute Gasteiger partial charge is 0.340 e. The van der Waals surface area contributed by atoms with E-state index in [1.807, 2.05) is 24.7 Å². The topological polar surface area (TPSA) is 96.5 Å². The van der Waals surface area contributed by atoms with Crippen LogP contribution >= 0.6 is 11.6 Å². The van der Waals surface area contributed by atoms with Gasteiger partial charge >= 0.3 is 0 Å². The van der Waals surface area contributed by atoms with Gasteiger partial charge in [-0.2, -0.15) is 0 Å². The molecule has 0 radical (unpaired) electrons. The molecular weight excluding hydrogens is 372 g/mol. The van der Waals surface area contributed by atoms with Gasteiger partial charge in [-0.1, -0.05) is 11.6 Å². The van der Waals surface area contributed by atoms with Crippen LogP contribution in [0.25, 0.3) is 0 Å². The van der Waals surface area contributed by atoms with E-state index in [0.29, 0.717) is 5.69 Å². The van der Waals surface area contributed by atoms with Crippen molar-refractivity contribution in [3.8, 4) is 0 Å². The van der Waals surface area contributed by atoms with E-state index >= 15 is 0 Å². The van der Waals surface area contributed by atoms with E-state index in [4.69, 9.17) is 11.6 Å². The highest BCUT2D eigenvalue weighted by molar-refractivity contribution is 6.34.